The molecule has 5 heteroatoms. The topological polar surface area (TPSA) is 62.2 Å². The third-order valence-corrected chi connectivity index (χ3v) is 4.01. The zero-order valence-corrected chi connectivity index (χ0v) is 14.3. The van der Waals surface area contributed by atoms with E-state index < -0.39 is 0 Å². The number of halogens is 1. The van der Waals surface area contributed by atoms with Crippen molar-refractivity contribution in [2.24, 2.45) is 5.92 Å². The van der Waals surface area contributed by atoms with Crippen molar-refractivity contribution in [3.8, 4) is 0 Å². The van der Waals surface area contributed by atoms with E-state index in [1.807, 2.05) is 36.4 Å². The summed E-state index contributed by atoms with van der Waals surface area (Å²) in [5.41, 5.74) is 2.27. The number of amides is 1. The molecule has 0 aliphatic rings. The lowest BCUT2D eigenvalue weighted by atomic mass is 10.0. The second-order valence-corrected chi connectivity index (χ2v) is 6.04. The first kappa shape index (κ1) is 18.2. The van der Waals surface area contributed by atoms with E-state index in [-0.39, 0.29) is 18.4 Å². The normalized spacial score (nSPS) is 12.7. The Kier molecular flexibility index (Phi) is 6.97. The van der Waals surface area contributed by atoms with E-state index in [1.165, 1.54) is 0 Å². The van der Waals surface area contributed by atoms with Crippen molar-refractivity contribution in [3.63, 3.8) is 0 Å². The molecule has 126 valence electrons. The molecule has 1 aromatic carbocycles. The molecule has 0 saturated heterocycles. The molecule has 1 aromatic heterocycles. The van der Waals surface area contributed by atoms with Gasteiger partial charge in [-0.3, -0.25) is 9.78 Å². The number of carbonyl (C=O) groups excluding carboxylic acids is 1. The molecule has 1 atom stereocenters. The van der Waals surface area contributed by atoms with Gasteiger partial charge >= 0.3 is 0 Å². The molecule has 4 nitrogen and oxygen atoms in total. The van der Waals surface area contributed by atoms with Crippen LogP contribution in [0.5, 0.6) is 0 Å². The molecule has 2 aromatic rings. The molecule has 0 aliphatic heterocycles. The van der Waals surface area contributed by atoms with Crippen LogP contribution >= 0.6 is 11.6 Å². The predicted octanol–water partition coefficient (Wildman–Crippen LogP) is 3.11. The maximum Gasteiger partial charge on any atom is 0.246 e. The summed E-state index contributed by atoms with van der Waals surface area (Å²) in [7, 11) is 0. The molecule has 0 bridgehead atoms. The van der Waals surface area contributed by atoms with Gasteiger partial charge in [-0.1, -0.05) is 35.9 Å². The van der Waals surface area contributed by atoms with Gasteiger partial charge in [0.2, 0.25) is 5.91 Å². The van der Waals surface area contributed by atoms with Crippen molar-refractivity contribution < 1.29 is 9.90 Å². The van der Waals surface area contributed by atoms with Gasteiger partial charge in [0.15, 0.2) is 0 Å². The van der Waals surface area contributed by atoms with Gasteiger partial charge in [-0.05, 0) is 43.2 Å². The number of aliphatic hydroxyl groups is 1. The highest BCUT2D eigenvalue weighted by atomic mass is 35.5. The summed E-state index contributed by atoms with van der Waals surface area (Å²) in [5, 5.41) is 13.0. The molecular weight excluding hydrogens is 324 g/mol. The third kappa shape index (κ3) is 5.48. The highest BCUT2D eigenvalue weighted by molar-refractivity contribution is 6.32. The fraction of sp³-hybridized carbons (Fsp3) is 0.263. The zero-order chi connectivity index (χ0) is 17.4. The number of benzene rings is 1. The fourth-order valence-corrected chi connectivity index (χ4v) is 2.47. The van der Waals surface area contributed by atoms with Gasteiger partial charge in [0.25, 0.3) is 0 Å². The Morgan fingerprint density at radius 1 is 1.29 bits per heavy atom. The van der Waals surface area contributed by atoms with E-state index in [9.17, 15) is 9.90 Å². The first-order valence-electron chi connectivity index (χ1n) is 7.82. The van der Waals surface area contributed by atoms with Crippen LogP contribution in [0.2, 0.25) is 5.02 Å². The van der Waals surface area contributed by atoms with E-state index >= 15 is 0 Å². The number of carbonyl (C=O) groups is 1. The second-order valence-electron chi connectivity index (χ2n) is 5.63. The highest BCUT2D eigenvalue weighted by Crippen LogP contribution is 2.18. The number of pyridine rings is 1. The van der Waals surface area contributed by atoms with E-state index in [0.717, 1.165) is 11.3 Å². The molecule has 1 heterocycles. The molecule has 1 amide bonds. The SMILES string of the molecule is C/C(=C/c1ccccc1Cl)C(=O)NCC(CO)Cc1ccccn1. The van der Waals surface area contributed by atoms with Crippen LogP contribution in [-0.4, -0.2) is 29.1 Å². The van der Waals surface area contributed by atoms with Gasteiger partial charge in [0, 0.05) is 41.6 Å². The van der Waals surface area contributed by atoms with Gasteiger partial charge in [0.1, 0.15) is 0 Å². The number of nitrogens with one attached hydrogen (secondary N) is 1. The molecule has 0 spiro atoms. The summed E-state index contributed by atoms with van der Waals surface area (Å²) >= 11 is 6.10. The Morgan fingerprint density at radius 2 is 2.04 bits per heavy atom. The summed E-state index contributed by atoms with van der Waals surface area (Å²) in [5.74, 6) is -0.244. The molecule has 2 N–H and O–H groups in total. The Labute approximate surface area is 147 Å². The Bertz CT molecular complexity index is 702. The molecule has 0 radical (unpaired) electrons. The summed E-state index contributed by atoms with van der Waals surface area (Å²) in [6, 6.07) is 13.0. The van der Waals surface area contributed by atoms with Crippen LogP contribution in [0.3, 0.4) is 0 Å². The number of hydrogen-bond acceptors (Lipinski definition) is 3. The van der Waals surface area contributed by atoms with Crippen LogP contribution in [0.1, 0.15) is 18.2 Å². The van der Waals surface area contributed by atoms with Gasteiger partial charge in [-0.2, -0.15) is 0 Å². The molecule has 1 unspecified atom stereocenters. The lowest BCUT2D eigenvalue weighted by Gasteiger charge is -2.15. The van der Waals surface area contributed by atoms with Crippen molar-refractivity contribution in [1.29, 1.82) is 0 Å². The fourth-order valence-electron chi connectivity index (χ4n) is 2.28. The lowest BCUT2D eigenvalue weighted by Crippen LogP contribution is -2.32. The zero-order valence-electron chi connectivity index (χ0n) is 13.6. The largest absolute Gasteiger partial charge is 0.396 e. The van der Waals surface area contributed by atoms with Gasteiger partial charge in [-0.15, -0.1) is 0 Å². The molecule has 0 saturated carbocycles. The van der Waals surface area contributed by atoms with Gasteiger partial charge in [-0.25, -0.2) is 0 Å². The monoisotopic (exact) mass is 344 g/mol. The molecule has 0 fully saturated rings. The molecule has 2 rings (SSSR count). The molecular formula is C19H21ClN2O2. The average Bonchev–Trinajstić information content (AvgIpc) is 2.61. The van der Waals surface area contributed by atoms with E-state index in [1.54, 1.807) is 25.3 Å². The summed E-state index contributed by atoms with van der Waals surface area (Å²) < 4.78 is 0. The minimum atomic E-state index is -0.172. The number of hydrogen-bond donors (Lipinski definition) is 2. The van der Waals surface area contributed by atoms with Crippen molar-refractivity contribution in [3.05, 3.63) is 70.5 Å². The quantitative estimate of drug-likeness (QED) is 0.759. The average molecular weight is 345 g/mol. The third-order valence-electron chi connectivity index (χ3n) is 3.67. The Morgan fingerprint density at radius 3 is 2.71 bits per heavy atom. The minimum Gasteiger partial charge on any atom is -0.396 e. The van der Waals surface area contributed by atoms with Crippen LogP contribution in [0.25, 0.3) is 6.08 Å². The van der Waals surface area contributed by atoms with Crippen molar-refractivity contribution in [1.82, 2.24) is 10.3 Å². The van der Waals surface area contributed by atoms with Crippen molar-refractivity contribution in [2.45, 2.75) is 13.3 Å². The summed E-state index contributed by atoms with van der Waals surface area (Å²) in [6.45, 7) is 2.12. The molecule has 0 aliphatic carbocycles. The predicted molar refractivity (Wildman–Crippen MR) is 96.6 cm³/mol. The number of aromatic nitrogens is 1. The summed E-state index contributed by atoms with van der Waals surface area (Å²) in [6.07, 6.45) is 4.09. The van der Waals surface area contributed by atoms with Crippen LogP contribution < -0.4 is 5.32 Å². The Hall–Kier alpha value is -2.17. The lowest BCUT2D eigenvalue weighted by molar-refractivity contribution is -0.117. The van der Waals surface area contributed by atoms with E-state index in [4.69, 9.17) is 11.6 Å². The first-order chi connectivity index (χ1) is 11.6. The number of nitrogens with zero attached hydrogens (tertiary/aromatic N) is 1. The highest BCUT2D eigenvalue weighted by Gasteiger charge is 2.12. The second kappa shape index (κ2) is 9.21. The van der Waals surface area contributed by atoms with Gasteiger partial charge < -0.3 is 10.4 Å². The minimum absolute atomic E-state index is 0.00979. The van der Waals surface area contributed by atoms with Gasteiger partial charge in [0.05, 0.1) is 0 Å². The molecule has 24 heavy (non-hydrogen) atoms. The van der Waals surface area contributed by atoms with Crippen LogP contribution in [0, 0.1) is 5.92 Å². The van der Waals surface area contributed by atoms with E-state index in [2.05, 4.69) is 10.3 Å². The first-order valence-corrected chi connectivity index (χ1v) is 8.19. The number of aliphatic hydroxyl groups excluding tert-OH is 1. The smallest absolute Gasteiger partial charge is 0.246 e. The van der Waals surface area contributed by atoms with Crippen molar-refractivity contribution in [2.75, 3.05) is 13.2 Å². The van der Waals surface area contributed by atoms with Crippen LogP contribution in [0.4, 0.5) is 0 Å². The number of rotatable bonds is 7. The maximum absolute atomic E-state index is 12.2. The van der Waals surface area contributed by atoms with Crippen molar-refractivity contribution >= 4 is 23.6 Å². The van der Waals surface area contributed by atoms with Crippen LogP contribution in [0.15, 0.2) is 54.2 Å². The summed E-state index contributed by atoms with van der Waals surface area (Å²) in [4.78, 5) is 16.5. The maximum atomic E-state index is 12.2. The standard InChI is InChI=1S/C19H21ClN2O2/c1-14(10-16-6-2-3-8-18(16)20)19(24)22-12-15(13-23)11-17-7-4-5-9-21-17/h2-10,15,23H,11-13H2,1H3,(H,22,24)/b14-10-. The van der Waals surface area contributed by atoms with Crippen LogP contribution in [-0.2, 0) is 11.2 Å². The Balaban J connectivity index is 1.92. The van der Waals surface area contributed by atoms with E-state index in [0.29, 0.717) is 23.6 Å².